The maximum Gasteiger partial charge on any atom is 0.241 e. The van der Waals surface area contributed by atoms with Gasteiger partial charge in [-0.25, -0.2) is 14.2 Å². The number of hydrogen-bond donors (Lipinski definition) is 1. The highest BCUT2D eigenvalue weighted by Gasteiger charge is 2.67. The molecule has 2 aliphatic heterocycles. The van der Waals surface area contributed by atoms with Crippen LogP contribution in [0.15, 0.2) is 66.2 Å². The van der Waals surface area contributed by atoms with Crippen molar-refractivity contribution in [3.63, 3.8) is 0 Å². The number of hydrogen-bond acceptors (Lipinski definition) is 6. The molecule has 236 valence electrons. The molecule has 0 aromatic heterocycles. The van der Waals surface area contributed by atoms with Crippen LogP contribution in [0.3, 0.4) is 0 Å². The Hall–Kier alpha value is -4.21. The molecule has 0 unspecified atom stereocenters. The summed E-state index contributed by atoms with van der Waals surface area (Å²) in [6.07, 6.45) is 2.32. The molecule has 4 amide bonds. The molecule has 7 rings (SSSR count). The van der Waals surface area contributed by atoms with Crippen LogP contribution in [0.4, 0.5) is 15.8 Å². The van der Waals surface area contributed by atoms with Gasteiger partial charge in [-0.1, -0.05) is 47.0 Å². The summed E-state index contributed by atoms with van der Waals surface area (Å²) in [4.78, 5) is 59.0. The number of ether oxygens (including phenoxy) is 1. The first-order valence-electron chi connectivity index (χ1n) is 14.9. The van der Waals surface area contributed by atoms with E-state index in [2.05, 4.69) is 0 Å². The fourth-order valence-corrected chi connectivity index (χ4v) is 8.48. The Morgan fingerprint density at radius 2 is 1.59 bits per heavy atom. The van der Waals surface area contributed by atoms with E-state index in [0.717, 1.165) is 22.1 Å². The number of carbonyl (C=O) groups is 4. The molecule has 2 heterocycles. The van der Waals surface area contributed by atoms with Crippen LogP contribution in [-0.2, 0) is 19.2 Å². The number of fused-ring (bicyclic) bond motifs is 4. The topological polar surface area (TPSA) is 104 Å². The summed E-state index contributed by atoms with van der Waals surface area (Å²) in [5.74, 6) is -5.96. The molecule has 2 saturated heterocycles. The first kappa shape index (κ1) is 30.4. The molecule has 6 atom stereocenters. The molecule has 0 radical (unpaired) electrons. The van der Waals surface area contributed by atoms with Crippen molar-refractivity contribution in [2.75, 3.05) is 16.9 Å². The normalized spacial score (nSPS) is 28.7. The second kappa shape index (κ2) is 10.7. The van der Waals surface area contributed by atoms with Crippen LogP contribution in [0.1, 0.15) is 36.8 Å². The van der Waals surface area contributed by atoms with Crippen molar-refractivity contribution in [1.82, 2.24) is 0 Å². The molecule has 2 aliphatic carbocycles. The van der Waals surface area contributed by atoms with Crippen LogP contribution in [-0.4, -0.2) is 35.8 Å². The Balaban J connectivity index is 1.37. The SMILES string of the molecule is COc1ccc([C@H]2C3=CC[C@@H]4C(=O)N(c5ccc(C)c(Cl)c5)C(=O)[C@@H]4[C@@H]3C[C@H]3C(=O)N(c4ccc(F)c(Cl)c4)C(=O)[C@@]23C)cc1O. The summed E-state index contributed by atoms with van der Waals surface area (Å²) in [5.41, 5.74) is 1.29. The minimum atomic E-state index is -1.34. The second-order valence-electron chi connectivity index (χ2n) is 12.6. The summed E-state index contributed by atoms with van der Waals surface area (Å²) in [5, 5.41) is 11.0. The van der Waals surface area contributed by atoms with Crippen LogP contribution in [0.5, 0.6) is 11.5 Å². The number of amides is 4. The number of phenols is 1. The minimum Gasteiger partial charge on any atom is -0.504 e. The average Bonchev–Trinajstić information content (AvgIpc) is 3.39. The molecule has 3 aromatic carbocycles. The number of methoxy groups -OCH3 is 1. The van der Waals surface area contributed by atoms with Gasteiger partial charge in [0, 0.05) is 10.9 Å². The van der Waals surface area contributed by atoms with Crippen molar-refractivity contribution in [3.05, 3.63) is 93.2 Å². The smallest absolute Gasteiger partial charge is 0.241 e. The van der Waals surface area contributed by atoms with E-state index < -0.39 is 52.6 Å². The molecule has 1 saturated carbocycles. The molecule has 8 nitrogen and oxygen atoms in total. The maximum atomic E-state index is 14.5. The lowest BCUT2D eigenvalue weighted by Gasteiger charge is -2.49. The Kier molecular flexibility index (Phi) is 7.06. The number of rotatable bonds is 4. The molecule has 4 aliphatic rings. The average molecular weight is 664 g/mol. The van der Waals surface area contributed by atoms with Crippen LogP contribution >= 0.6 is 23.2 Å². The van der Waals surface area contributed by atoms with Crippen molar-refractivity contribution < 1.29 is 33.4 Å². The number of carbonyl (C=O) groups excluding carboxylic acids is 4. The Morgan fingerprint density at radius 3 is 2.26 bits per heavy atom. The number of imide groups is 2. The highest BCUT2D eigenvalue weighted by Crippen LogP contribution is 2.64. The van der Waals surface area contributed by atoms with Gasteiger partial charge < -0.3 is 9.84 Å². The third-order valence-corrected chi connectivity index (χ3v) is 11.1. The molecular formula is C35H29Cl2FN2O6. The third-order valence-electron chi connectivity index (χ3n) is 10.4. The fourth-order valence-electron chi connectivity index (χ4n) is 8.13. The zero-order valence-corrected chi connectivity index (χ0v) is 26.6. The molecule has 46 heavy (non-hydrogen) atoms. The number of anilines is 2. The number of allylic oxidation sites excluding steroid dienone is 2. The summed E-state index contributed by atoms with van der Waals surface area (Å²) < 4.78 is 19.3. The molecule has 3 fully saturated rings. The Morgan fingerprint density at radius 1 is 0.891 bits per heavy atom. The van der Waals surface area contributed by atoms with Gasteiger partial charge in [0.15, 0.2) is 11.5 Å². The summed E-state index contributed by atoms with van der Waals surface area (Å²) in [6, 6.07) is 13.6. The maximum absolute atomic E-state index is 14.5. The van der Waals surface area contributed by atoms with Crippen molar-refractivity contribution >= 4 is 58.2 Å². The van der Waals surface area contributed by atoms with Crippen molar-refractivity contribution in [2.24, 2.45) is 29.1 Å². The van der Waals surface area contributed by atoms with Crippen LogP contribution in [0, 0.1) is 41.8 Å². The summed E-state index contributed by atoms with van der Waals surface area (Å²) in [7, 11) is 1.42. The Bertz CT molecular complexity index is 1910. The van der Waals surface area contributed by atoms with Crippen molar-refractivity contribution in [3.8, 4) is 11.5 Å². The summed E-state index contributed by atoms with van der Waals surface area (Å²) in [6.45, 7) is 3.55. The second-order valence-corrected chi connectivity index (χ2v) is 13.5. The van der Waals surface area contributed by atoms with Gasteiger partial charge in [-0.3, -0.25) is 19.2 Å². The largest absolute Gasteiger partial charge is 0.504 e. The minimum absolute atomic E-state index is 0.137. The molecule has 3 aromatic rings. The van der Waals surface area contributed by atoms with Crippen LogP contribution < -0.4 is 14.5 Å². The van der Waals surface area contributed by atoms with Gasteiger partial charge in [-0.15, -0.1) is 0 Å². The zero-order valence-electron chi connectivity index (χ0n) is 25.1. The van der Waals surface area contributed by atoms with Gasteiger partial charge in [0.05, 0.1) is 46.7 Å². The number of nitrogens with zero attached hydrogens (tertiary/aromatic N) is 2. The van der Waals surface area contributed by atoms with E-state index in [1.807, 2.05) is 13.0 Å². The predicted octanol–water partition coefficient (Wildman–Crippen LogP) is 6.59. The standard InChI is InChI=1S/C35H29Cl2FN2O6/c1-16-4-6-18(13-24(16)36)39-31(42)21-9-8-20-22(29(21)33(39)44)15-23-32(43)40(19-7-10-26(38)25(37)14-19)34(45)35(23,2)30(20)17-5-11-28(46-3)27(41)12-17/h4-8,10-14,21-23,29-30,41H,9,15H2,1-3H3/t21-,22+,23-,29-,30-,35+/m0/s1. The summed E-state index contributed by atoms with van der Waals surface area (Å²) >= 11 is 12.4. The molecule has 1 N–H and O–H groups in total. The van der Waals surface area contributed by atoms with Gasteiger partial charge in [0.25, 0.3) is 0 Å². The van der Waals surface area contributed by atoms with Crippen LogP contribution in [0.25, 0.3) is 0 Å². The Labute approximate surface area is 274 Å². The van der Waals surface area contributed by atoms with E-state index in [9.17, 15) is 28.7 Å². The highest BCUT2D eigenvalue weighted by atomic mass is 35.5. The van der Waals surface area contributed by atoms with Crippen molar-refractivity contribution in [1.29, 1.82) is 0 Å². The highest BCUT2D eigenvalue weighted by molar-refractivity contribution is 6.32. The van der Waals surface area contributed by atoms with Crippen LogP contribution in [0.2, 0.25) is 10.0 Å². The van der Waals surface area contributed by atoms with Gasteiger partial charge in [0.2, 0.25) is 23.6 Å². The molecule has 0 spiro atoms. The quantitative estimate of drug-likeness (QED) is 0.250. The van der Waals surface area contributed by atoms with Gasteiger partial charge in [-0.05, 0) is 86.2 Å². The number of aryl methyl sites for hydroxylation is 1. The van der Waals surface area contributed by atoms with E-state index >= 15 is 0 Å². The van der Waals surface area contributed by atoms with E-state index in [4.69, 9.17) is 27.9 Å². The monoisotopic (exact) mass is 662 g/mol. The van der Waals surface area contributed by atoms with E-state index in [1.165, 1.54) is 30.2 Å². The van der Waals surface area contributed by atoms with Gasteiger partial charge in [0.1, 0.15) is 5.82 Å². The van der Waals surface area contributed by atoms with E-state index in [-0.39, 0.29) is 46.9 Å². The number of halogens is 3. The molecular weight excluding hydrogens is 634 g/mol. The fraction of sp³-hybridized carbons (Fsp3) is 0.314. The lowest BCUT2D eigenvalue weighted by Crippen LogP contribution is -2.48. The van der Waals surface area contributed by atoms with Gasteiger partial charge >= 0.3 is 0 Å². The number of benzene rings is 3. The molecule has 0 bridgehead atoms. The van der Waals surface area contributed by atoms with E-state index in [0.29, 0.717) is 16.3 Å². The lowest BCUT2D eigenvalue weighted by molar-refractivity contribution is -0.131. The zero-order chi connectivity index (χ0) is 32.8. The number of phenolic OH excluding ortho intramolecular Hbond substituents is 1. The first-order valence-corrected chi connectivity index (χ1v) is 15.7. The van der Waals surface area contributed by atoms with Crippen molar-refractivity contribution in [2.45, 2.75) is 32.6 Å². The third kappa shape index (κ3) is 4.17. The predicted molar refractivity (Wildman–Crippen MR) is 169 cm³/mol. The van der Waals surface area contributed by atoms with Gasteiger partial charge in [-0.2, -0.15) is 0 Å². The number of aromatic hydroxyl groups is 1. The molecule has 11 heteroatoms. The first-order chi connectivity index (χ1) is 21.9. The lowest BCUT2D eigenvalue weighted by atomic mass is 9.51. The van der Waals surface area contributed by atoms with E-state index in [1.54, 1.807) is 37.3 Å².